The monoisotopic (exact) mass is 162 g/mol. The molecule has 0 aliphatic carbocycles. The van der Waals surface area contributed by atoms with Gasteiger partial charge in [0.25, 0.3) is 0 Å². The van der Waals surface area contributed by atoms with Crippen molar-refractivity contribution in [2.75, 3.05) is 0 Å². The summed E-state index contributed by atoms with van der Waals surface area (Å²) in [6, 6.07) is 9.45. The lowest BCUT2D eigenvalue weighted by atomic mass is 9.89. The van der Waals surface area contributed by atoms with Gasteiger partial charge in [0, 0.05) is 6.92 Å². The smallest absolute Gasteiger partial charge is 0.337 e. The van der Waals surface area contributed by atoms with E-state index in [0.29, 0.717) is 0 Å². The fourth-order valence-electron chi connectivity index (χ4n) is 0.712. The zero-order chi connectivity index (χ0) is 8.81. The maximum Gasteiger partial charge on any atom is 0.371 e. The van der Waals surface area contributed by atoms with Crippen molar-refractivity contribution in [3.05, 3.63) is 30.3 Å². The van der Waals surface area contributed by atoms with Crippen molar-refractivity contribution in [3.8, 4) is 0 Å². The van der Waals surface area contributed by atoms with Crippen LogP contribution in [0.5, 0.6) is 0 Å². The van der Waals surface area contributed by atoms with E-state index in [-0.39, 0.29) is 5.91 Å². The van der Waals surface area contributed by atoms with E-state index in [1.165, 1.54) is 14.4 Å². The highest BCUT2D eigenvalue weighted by atomic mass is 16.6. The molecular formula is C8H9BNO2. The topological polar surface area (TPSA) is 38.3 Å². The molecule has 3 nitrogen and oxygen atoms in total. The molecule has 0 fully saturated rings. The van der Waals surface area contributed by atoms with Gasteiger partial charge >= 0.3 is 7.48 Å². The normalized spacial score (nSPS) is 9.08. The van der Waals surface area contributed by atoms with Crippen LogP contribution in [-0.4, -0.2) is 13.4 Å². The van der Waals surface area contributed by atoms with Crippen molar-refractivity contribution in [3.63, 3.8) is 0 Å². The Hall–Kier alpha value is -1.29. The SMILES string of the molecule is CC(=O)NO[B]c1ccccc1. The summed E-state index contributed by atoms with van der Waals surface area (Å²) in [5, 5.41) is 0. The van der Waals surface area contributed by atoms with Crippen LogP contribution >= 0.6 is 0 Å². The number of hydrogen-bond donors (Lipinski definition) is 1. The van der Waals surface area contributed by atoms with Gasteiger partial charge in [-0.05, 0) is 0 Å². The average Bonchev–Trinajstić information content (AvgIpc) is 2.05. The number of carbonyl (C=O) groups excluding carboxylic acids is 1. The van der Waals surface area contributed by atoms with Gasteiger partial charge in [-0.15, -0.1) is 0 Å². The second kappa shape index (κ2) is 4.56. The van der Waals surface area contributed by atoms with Crippen molar-refractivity contribution in [2.24, 2.45) is 0 Å². The van der Waals surface area contributed by atoms with Crippen LogP contribution < -0.4 is 10.9 Å². The van der Waals surface area contributed by atoms with Crippen LogP contribution in [0.15, 0.2) is 30.3 Å². The second-order valence-corrected chi connectivity index (χ2v) is 2.30. The molecule has 4 heteroatoms. The van der Waals surface area contributed by atoms with Crippen LogP contribution in [-0.2, 0) is 9.55 Å². The Morgan fingerprint density at radius 3 is 2.67 bits per heavy atom. The fraction of sp³-hybridized carbons (Fsp3) is 0.125. The summed E-state index contributed by atoms with van der Waals surface area (Å²) in [5.74, 6) is -0.220. The molecule has 0 saturated heterocycles. The van der Waals surface area contributed by atoms with Gasteiger partial charge in [0.05, 0.1) is 0 Å². The Morgan fingerprint density at radius 1 is 1.42 bits per heavy atom. The molecule has 1 N–H and O–H groups in total. The molecule has 1 rings (SSSR count). The van der Waals surface area contributed by atoms with E-state index in [2.05, 4.69) is 5.48 Å². The molecule has 0 saturated carbocycles. The minimum atomic E-state index is -0.220. The first-order valence-corrected chi connectivity index (χ1v) is 3.59. The lowest BCUT2D eigenvalue weighted by molar-refractivity contribution is -0.125. The summed E-state index contributed by atoms with van der Waals surface area (Å²) in [7, 11) is 1.47. The lowest BCUT2D eigenvalue weighted by Crippen LogP contribution is -2.28. The van der Waals surface area contributed by atoms with Gasteiger partial charge in [0.2, 0.25) is 5.91 Å². The second-order valence-electron chi connectivity index (χ2n) is 2.30. The zero-order valence-electron chi connectivity index (χ0n) is 6.78. The van der Waals surface area contributed by atoms with Crippen molar-refractivity contribution >= 4 is 18.9 Å². The number of benzene rings is 1. The third-order valence-electron chi connectivity index (χ3n) is 1.20. The molecule has 0 bridgehead atoms. The van der Waals surface area contributed by atoms with Gasteiger partial charge in [-0.3, -0.25) is 10.3 Å². The molecular weight excluding hydrogens is 153 g/mol. The Labute approximate surface area is 72.0 Å². The van der Waals surface area contributed by atoms with Crippen LogP contribution in [0.3, 0.4) is 0 Å². The summed E-state index contributed by atoms with van der Waals surface area (Å²) >= 11 is 0. The molecule has 1 aromatic carbocycles. The summed E-state index contributed by atoms with van der Waals surface area (Å²) in [5.41, 5.74) is 3.11. The minimum absolute atomic E-state index is 0.220. The standard InChI is InChI=1S/C8H9BNO2/c1-7(11)10-12-9-8-5-3-2-4-6-8/h2-6H,1H3,(H,10,11). The lowest BCUT2D eigenvalue weighted by Gasteiger charge is -2.00. The highest BCUT2D eigenvalue weighted by Crippen LogP contribution is 1.80. The first kappa shape index (κ1) is 8.81. The molecule has 0 atom stereocenters. The highest BCUT2D eigenvalue weighted by Gasteiger charge is 1.96. The molecule has 0 aromatic heterocycles. The molecule has 1 radical (unpaired) electrons. The predicted molar refractivity (Wildman–Crippen MR) is 46.7 cm³/mol. The van der Waals surface area contributed by atoms with Crippen LogP contribution in [0.25, 0.3) is 0 Å². The van der Waals surface area contributed by atoms with Gasteiger partial charge in [-0.2, -0.15) is 0 Å². The Kier molecular flexibility index (Phi) is 3.35. The highest BCUT2D eigenvalue weighted by molar-refractivity contribution is 6.46. The van der Waals surface area contributed by atoms with Crippen molar-refractivity contribution < 1.29 is 9.55 Å². The van der Waals surface area contributed by atoms with Crippen LogP contribution in [0, 0.1) is 0 Å². The summed E-state index contributed by atoms with van der Waals surface area (Å²) in [6.07, 6.45) is 0. The number of nitrogens with one attached hydrogen (secondary N) is 1. The molecule has 0 unspecified atom stereocenters. The van der Waals surface area contributed by atoms with Crippen molar-refractivity contribution in [2.45, 2.75) is 6.92 Å². The predicted octanol–water partition coefficient (Wildman–Crippen LogP) is -0.00120. The van der Waals surface area contributed by atoms with E-state index in [4.69, 9.17) is 4.76 Å². The summed E-state index contributed by atoms with van der Waals surface area (Å²) in [4.78, 5) is 10.4. The number of carbonyl (C=O) groups is 1. The minimum Gasteiger partial charge on any atom is -0.337 e. The van der Waals surface area contributed by atoms with E-state index >= 15 is 0 Å². The maximum absolute atomic E-state index is 10.4. The molecule has 61 valence electrons. The van der Waals surface area contributed by atoms with Crippen molar-refractivity contribution in [1.29, 1.82) is 0 Å². The summed E-state index contributed by atoms with van der Waals surface area (Å²) in [6.45, 7) is 1.39. The third kappa shape index (κ3) is 3.21. The third-order valence-corrected chi connectivity index (χ3v) is 1.20. The molecule has 12 heavy (non-hydrogen) atoms. The molecule has 0 heterocycles. The van der Waals surface area contributed by atoms with Crippen LogP contribution in [0.4, 0.5) is 0 Å². The van der Waals surface area contributed by atoms with Crippen LogP contribution in [0.1, 0.15) is 6.92 Å². The van der Waals surface area contributed by atoms with Gasteiger partial charge in [-0.1, -0.05) is 35.8 Å². The average molecular weight is 162 g/mol. The quantitative estimate of drug-likeness (QED) is 0.501. The Balaban J connectivity index is 2.29. The summed E-state index contributed by atoms with van der Waals surface area (Å²) < 4.78 is 4.76. The molecule has 0 aliphatic heterocycles. The maximum atomic E-state index is 10.4. The molecule has 1 aromatic rings. The largest absolute Gasteiger partial charge is 0.371 e. The van der Waals surface area contributed by atoms with Gasteiger partial charge in [0.15, 0.2) is 0 Å². The zero-order valence-corrected chi connectivity index (χ0v) is 6.78. The van der Waals surface area contributed by atoms with E-state index < -0.39 is 0 Å². The number of hydroxylamine groups is 1. The van der Waals surface area contributed by atoms with E-state index in [1.807, 2.05) is 30.3 Å². The number of hydrogen-bond acceptors (Lipinski definition) is 2. The number of amides is 1. The van der Waals surface area contributed by atoms with Crippen LogP contribution in [0.2, 0.25) is 0 Å². The van der Waals surface area contributed by atoms with Gasteiger partial charge in [0.1, 0.15) is 0 Å². The molecule has 0 aliphatic rings. The molecule has 0 spiro atoms. The van der Waals surface area contributed by atoms with E-state index in [1.54, 1.807) is 0 Å². The number of rotatable bonds is 3. The first-order chi connectivity index (χ1) is 5.79. The Morgan fingerprint density at radius 2 is 2.08 bits per heavy atom. The van der Waals surface area contributed by atoms with E-state index in [0.717, 1.165) is 5.46 Å². The van der Waals surface area contributed by atoms with Crippen molar-refractivity contribution in [1.82, 2.24) is 5.48 Å². The van der Waals surface area contributed by atoms with Gasteiger partial charge < -0.3 is 4.76 Å². The molecule has 1 amide bonds. The van der Waals surface area contributed by atoms with E-state index in [9.17, 15) is 4.79 Å². The first-order valence-electron chi connectivity index (χ1n) is 3.59. The Bertz CT molecular complexity index is 250. The fourth-order valence-corrected chi connectivity index (χ4v) is 0.712. The van der Waals surface area contributed by atoms with Gasteiger partial charge in [-0.25, -0.2) is 0 Å².